The standard InChI is InChI=1S/C19H20N4/c1-13(2)15-7-3-4-8-17(15)23-19-16(9-11-21-19)18(22-23)14-6-5-10-20-12-14/h3-8,10,12-13,21H,9,11H2,1-2H3. The average Bonchev–Trinajstić information content (AvgIpc) is 3.18. The van der Waals surface area contributed by atoms with Gasteiger partial charge in [0.25, 0.3) is 0 Å². The van der Waals surface area contributed by atoms with E-state index in [0.717, 1.165) is 35.7 Å². The third-order valence-corrected chi connectivity index (χ3v) is 4.37. The molecule has 0 aliphatic carbocycles. The van der Waals surface area contributed by atoms with Gasteiger partial charge in [0.2, 0.25) is 0 Å². The van der Waals surface area contributed by atoms with Gasteiger partial charge in [-0.3, -0.25) is 4.98 Å². The summed E-state index contributed by atoms with van der Waals surface area (Å²) in [5, 5.41) is 8.43. The highest BCUT2D eigenvalue weighted by Crippen LogP contribution is 2.35. The number of hydrogen-bond donors (Lipinski definition) is 1. The van der Waals surface area contributed by atoms with Gasteiger partial charge in [-0.15, -0.1) is 0 Å². The van der Waals surface area contributed by atoms with Gasteiger partial charge in [-0.1, -0.05) is 32.0 Å². The maximum absolute atomic E-state index is 4.93. The summed E-state index contributed by atoms with van der Waals surface area (Å²) in [6, 6.07) is 12.5. The summed E-state index contributed by atoms with van der Waals surface area (Å²) in [6.07, 6.45) is 4.69. The van der Waals surface area contributed by atoms with E-state index in [9.17, 15) is 0 Å². The lowest BCUT2D eigenvalue weighted by atomic mass is 10.0. The van der Waals surface area contributed by atoms with Crippen molar-refractivity contribution in [2.45, 2.75) is 26.2 Å². The Morgan fingerprint density at radius 2 is 2.00 bits per heavy atom. The second-order valence-corrected chi connectivity index (χ2v) is 6.22. The van der Waals surface area contributed by atoms with E-state index in [1.54, 1.807) is 6.20 Å². The molecule has 4 rings (SSSR count). The van der Waals surface area contributed by atoms with Crippen molar-refractivity contribution in [3.63, 3.8) is 0 Å². The van der Waals surface area contributed by atoms with Crippen LogP contribution in [0.15, 0.2) is 48.8 Å². The van der Waals surface area contributed by atoms with Gasteiger partial charge >= 0.3 is 0 Å². The van der Waals surface area contributed by atoms with Gasteiger partial charge in [0.15, 0.2) is 0 Å². The monoisotopic (exact) mass is 304 g/mol. The Bertz CT molecular complexity index is 834. The lowest BCUT2D eigenvalue weighted by Crippen LogP contribution is -2.07. The molecule has 1 aliphatic heterocycles. The fraction of sp³-hybridized carbons (Fsp3) is 0.263. The minimum atomic E-state index is 0.453. The SMILES string of the molecule is CC(C)c1ccccc1-n1nc(-c2cccnc2)c2c1NCC2. The molecule has 0 saturated carbocycles. The molecule has 3 aromatic rings. The molecular formula is C19H20N4. The molecule has 0 saturated heterocycles. The molecule has 0 bridgehead atoms. The predicted molar refractivity (Wildman–Crippen MR) is 93.1 cm³/mol. The molecule has 0 amide bonds. The molecule has 23 heavy (non-hydrogen) atoms. The quantitative estimate of drug-likeness (QED) is 0.794. The molecule has 0 radical (unpaired) electrons. The number of fused-ring (bicyclic) bond motifs is 1. The molecule has 4 heteroatoms. The van der Waals surface area contributed by atoms with Crippen LogP contribution < -0.4 is 5.32 Å². The zero-order chi connectivity index (χ0) is 15.8. The Kier molecular flexibility index (Phi) is 3.37. The van der Waals surface area contributed by atoms with Gasteiger partial charge < -0.3 is 5.32 Å². The molecule has 0 unspecified atom stereocenters. The summed E-state index contributed by atoms with van der Waals surface area (Å²) in [5.41, 5.74) is 5.87. The van der Waals surface area contributed by atoms with Crippen LogP contribution in [0.25, 0.3) is 16.9 Å². The van der Waals surface area contributed by atoms with Gasteiger partial charge in [0, 0.05) is 30.1 Å². The van der Waals surface area contributed by atoms with E-state index < -0.39 is 0 Å². The van der Waals surface area contributed by atoms with Crippen LogP contribution in [-0.2, 0) is 6.42 Å². The lowest BCUT2D eigenvalue weighted by molar-refractivity contribution is 0.811. The summed E-state index contributed by atoms with van der Waals surface area (Å²) >= 11 is 0. The van der Waals surface area contributed by atoms with Crippen LogP contribution in [-0.4, -0.2) is 21.3 Å². The highest BCUT2D eigenvalue weighted by atomic mass is 15.3. The van der Waals surface area contributed by atoms with Crippen molar-refractivity contribution in [3.8, 4) is 16.9 Å². The van der Waals surface area contributed by atoms with Crippen LogP contribution in [0, 0.1) is 0 Å². The fourth-order valence-corrected chi connectivity index (χ4v) is 3.25. The van der Waals surface area contributed by atoms with Crippen molar-refractivity contribution >= 4 is 5.82 Å². The summed E-state index contributed by atoms with van der Waals surface area (Å²) in [6.45, 7) is 5.40. The van der Waals surface area contributed by atoms with Crippen LogP contribution in [0.2, 0.25) is 0 Å². The van der Waals surface area contributed by atoms with Crippen LogP contribution in [0.5, 0.6) is 0 Å². The van der Waals surface area contributed by atoms with E-state index in [-0.39, 0.29) is 0 Å². The number of aromatic nitrogens is 3. The number of para-hydroxylation sites is 1. The van der Waals surface area contributed by atoms with Crippen molar-refractivity contribution in [3.05, 3.63) is 59.9 Å². The third kappa shape index (κ3) is 2.31. The van der Waals surface area contributed by atoms with Crippen LogP contribution in [0.1, 0.15) is 30.9 Å². The van der Waals surface area contributed by atoms with E-state index in [1.807, 2.05) is 12.3 Å². The number of hydrogen-bond acceptors (Lipinski definition) is 3. The molecule has 1 aliphatic rings. The molecule has 1 N–H and O–H groups in total. The Balaban J connectivity index is 1.92. The Hall–Kier alpha value is -2.62. The highest BCUT2D eigenvalue weighted by Gasteiger charge is 2.25. The first-order valence-electron chi connectivity index (χ1n) is 8.11. The summed E-state index contributed by atoms with van der Waals surface area (Å²) in [7, 11) is 0. The van der Waals surface area contributed by atoms with Crippen molar-refractivity contribution < 1.29 is 0 Å². The molecule has 4 nitrogen and oxygen atoms in total. The Morgan fingerprint density at radius 1 is 1.13 bits per heavy atom. The van der Waals surface area contributed by atoms with E-state index in [4.69, 9.17) is 5.10 Å². The van der Waals surface area contributed by atoms with E-state index in [2.05, 4.69) is 59.2 Å². The van der Waals surface area contributed by atoms with Gasteiger partial charge in [-0.2, -0.15) is 5.10 Å². The van der Waals surface area contributed by atoms with E-state index >= 15 is 0 Å². The Morgan fingerprint density at radius 3 is 2.78 bits per heavy atom. The van der Waals surface area contributed by atoms with Crippen molar-refractivity contribution in [2.75, 3.05) is 11.9 Å². The maximum atomic E-state index is 4.93. The molecule has 0 spiro atoms. The predicted octanol–water partition coefficient (Wildman–Crippen LogP) is 4.03. The van der Waals surface area contributed by atoms with Gasteiger partial charge in [-0.05, 0) is 36.1 Å². The number of nitrogens with one attached hydrogen (secondary N) is 1. The topological polar surface area (TPSA) is 42.7 Å². The first kappa shape index (κ1) is 14.0. The number of pyridine rings is 1. The maximum Gasteiger partial charge on any atom is 0.133 e. The summed E-state index contributed by atoms with van der Waals surface area (Å²) in [4.78, 5) is 4.24. The van der Waals surface area contributed by atoms with Crippen molar-refractivity contribution in [2.24, 2.45) is 0 Å². The number of nitrogens with zero attached hydrogens (tertiary/aromatic N) is 3. The molecule has 0 fully saturated rings. The average molecular weight is 304 g/mol. The first-order valence-corrected chi connectivity index (χ1v) is 8.11. The largest absolute Gasteiger partial charge is 0.369 e. The van der Waals surface area contributed by atoms with E-state index in [1.165, 1.54) is 11.1 Å². The number of rotatable bonds is 3. The summed E-state index contributed by atoms with van der Waals surface area (Å²) < 4.78 is 2.07. The van der Waals surface area contributed by atoms with Crippen LogP contribution in [0.4, 0.5) is 5.82 Å². The highest BCUT2D eigenvalue weighted by molar-refractivity contribution is 5.72. The van der Waals surface area contributed by atoms with E-state index in [0.29, 0.717) is 5.92 Å². The van der Waals surface area contributed by atoms with Crippen molar-refractivity contribution in [1.82, 2.24) is 14.8 Å². The minimum absolute atomic E-state index is 0.453. The molecular weight excluding hydrogens is 284 g/mol. The minimum Gasteiger partial charge on any atom is -0.369 e. The third-order valence-electron chi connectivity index (χ3n) is 4.37. The zero-order valence-corrected chi connectivity index (χ0v) is 13.5. The lowest BCUT2D eigenvalue weighted by Gasteiger charge is -2.14. The van der Waals surface area contributed by atoms with Crippen LogP contribution >= 0.6 is 0 Å². The van der Waals surface area contributed by atoms with Gasteiger partial charge in [0.1, 0.15) is 5.82 Å². The fourth-order valence-electron chi connectivity index (χ4n) is 3.25. The van der Waals surface area contributed by atoms with Gasteiger partial charge in [0.05, 0.1) is 11.4 Å². The van der Waals surface area contributed by atoms with Crippen LogP contribution in [0.3, 0.4) is 0 Å². The normalized spacial score (nSPS) is 13.2. The molecule has 3 heterocycles. The van der Waals surface area contributed by atoms with Crippen molar-refractivity contribution in [1.29, 1.82) is 0 Å². The number of anilines is 1. The summed E-state index contributed by atoms with van der Waals surface area (Å²) in [5.74, 6) is 1.58. The Labute approximate surface area is 136 Å². The molecule has 1 aromatic carbocycles. The number of benzene rings is 1. The zero-order valence-electron chi connectivity index (χ0n) is 13.5. The first-order chi connectivity index (χ1) is 11.3. The second kappa shape index (κ2) is 5.54. The smallest absolute Gasteiger partial charge is 0.133 e. The second-order valence-electron chi connectivity index (χ2n) is 6.22. The molecule has 2 aromatic heterocycles. The van der Waals surface area contributed by atoms with Gasteiger partial charge in [-0.25, -0.2) is 4.68 Å². The molecule has 116 valence electrons. The molecule has 0 atom stereocenters.